The van der Waals surface area contributed by atoms with E-state index in [1.807, 2.05) is 23.1 Å². The third-order valence-electron chi connectivity index (χ3n) is 4.89. The fourth-order valence-electron chi connectivity index (χ4n) is 3.34. The second kappa shape index (κ2) is 3.84. The Bertz CT molecular complexity index is 614. The summed E-state index contributed by atoms with van der Waals surface area (Å²) >= 11 is 0. The molecular weight excluding hydrogens is 254 g/mol. The van der Waals surface area contributed by atoms with Crippen LogP contribution in [0.5, 0.6) is 0 Å². The van der Waals surface area contributed by atoms with Crippen LogP contribution in [-0.4, -0.2) is 27.9 Å². The summed E-state index contributed by atoms with van der Waals surface area (Å²) in [6, 6.07) is 6.44. The SMILES string of the molecule is O=C(O)CC1(c2ccc3c(c2)C(=O)N(C2CC2)C3)CC1. The fraction of sp³-hybridized carbons (Fsp3) is 0.500. The molecule has 0 radical (unpaired) electrons. The molecule has 0 unspecified atom stereocenters. The zero-order chi connectivity index (χ0) is 13.9. The maximum Gasteiger partial charge on any atom is 0.304 e. The predicted molar refractivity (Wildman–Crippen MR) is 72.5 cm³/mol. The lowest BCUT2D eigenvalue weighted by Gasteiger charge is -2.14. The Morgan fingerprint density at radius 1 is 1.35 bits per heavy atom. The van der Waals surface area contributed by atoms with Crippen molar-refractivity contribution in [2.45, 2.75) is 50.1 Å². The van der Waals surface area contributed by atoms with E-state index in [4.69, 9.17) is 5.11 Å². The van der Waals surface area contributed by atoms with Crippen molar-refractivity contribution < 1.29 is 14.7 Å². The van der Waals surface area contributed by atoms with Crippen molar-refractivity contribution >= 4 is 11.9 Å². The highest BCUT2D eigenvalue weighted by molar-refractivity contribution is 5.99. The van der Waals surface area contributed by atoms with Gasteiger partial charge in [0, 0.05) is 23.6 Å². The molecule has 1 aliphatic heterocycles. The number of aliphatic carboxylic acids is 1. The maximum atomic E-state index is 12.4. The van der Waals surface area contributed by atoms with E-state index in [0.29, 0.717) is 6.04 Å². The van der Waals surface area contributed by atoms with Crippen LogP contribution in [0.4, 0.5) is 0 Å². The Morgan fingerprint density at radius 3 is 2.70 bits per heavy atom. The normalized spacial score (nSPS) is 22.8. The molecule has 1 aromatic carbocycles. The van der Waals surface area contributed by atoms with E-state index in [-0.39, 0.29) is 17.7 Å². The largest absolute Gasteiger partial charge is 0.481 e. The molecule has 104 valence electrons. The van der Waals surface area contributed by atoms with Crippen molar-refractivity contribution in [1.82, 2.24) is 4.90 Å². The number of carboxylic acid groups (broad SMARTS) is 1. The molecule has 0 aromatic heterocycles. The molecular formula is C16H17NO3. The van der Waals surface area contributed by atoms with Gasteiger partial charge < -0.3 is 10.0 Å². The molecule has 4 rings (SSSR count). The third kappa shape index (κ3) is 1.74. The number of benzene rings is 1. The summed E-state index contributed by atoms with van der Waals surface area (Å²) in [6.45, 7) is 0.727. The van der Waals surface area contributed by atoms with Gasteiger partial charge in [-0.3, -0.25) is 9.59 Å². The molecule has 1 aromatic rings. The molecule has 1 N–H and O–H groups in total. The van der Waals surface area contributed by atoms with E-state index in [0.717, 1.165) is 48.9 Å². The highest BCUT2D eigenvalue weighted by Gasteiger charge is 2.47. The highest BCUT2D eigenvalue weighted by atomic mass is 16.4. The molecule has 0 bridgehead atoms. The summed E-state index contributed by atoms with van der Waals surface area (Å²) in [5.41, 5.74) is 2.71. The van der Waals surface area contributed by atoms with Crippen LogP contribution in [0.3, 0.4) is 0 Å². The number of carboxylic acids is 1. The first-order valence-electron chi connectivity index (χ1n) is 7.25. The second-order valence-corrected chi connectivity index (χ2v) is 6.39. The number of hydrogen-bond donors (Lipinski definition) is 1. The van der Waals surface area contributed by atoms with E-state index >= 15 is 0 Å². The van der Waals surface area contributed by atoms with Gasteiger partial charge in [-0.25, -0.2) is 0 Å². The molecule has 1 heterocycles. The van der Waals surface area contributed by atoms with Gasteiger partial charge in [-0.15, -0.1) is 0 Å². The Labute approximate surface area is 117 Å². The van der Waals surface area contributed by atoms with Crippen LogP contribution in [0.2, 0.25) is 0 Å². The van der Waals surface area contributed by atoms with Gasteiger partial charge in [0.1, 0.15) is 0 Å². The van der Waals surface area contributed by atoms with Crippen molar-refractivity contribution in [2.75, 3.05) is 0 Å². The lowest BCUT2D eigenvalue weighted by Crippen LogP contribution is -2.26. The van der Waals surface area contributed by atoms with Gasteiger partial charge in [0.15, 0.2) is 0 Å². The zero-order valence-corrected chi connectivity index (χ0v) is 11.3. The standard InChI is InChI=1S/C16H17NO3/c18-14(19)8-16(5-6-16)11-2-1-10-9-17(12-3-4-12)15(20)13(10)7-11/h1-2,7,12H,3-6,8-9H2,(H,18,19). The average Bonchev–Trinajstić information content (AvgIpc) is 3.31. The van der Waals surface area contributed by atoms with Gasteiger partial charge in [0.25, 0.3) is 5.91 Å². The van der Waals surface area contributed by atoms with Gasteiger partial charge in [-0.2, -0.15) is 0 Å². The molecule has 2 aliphatic carbocycles. The minimum Gasteiger partial charge on any atom is -0.481 e. The van der Waals surface area contributed by atoms with Crippen LogP contribution in [0.25, 0.3) is 0 Å². The van der Waals surface area contributed by atoms with Gasteiger partial charge in [-0.1, -0.05) is 12.1 Å². The monoisotopic (exact) mass is 271 g/mol. The topological polar surface area (TPSA) is 57.6 Å². The number of amides is 1. The third-order valence-corrected chi connectivity index (χ3v) is 4.89. The van der Waals surface area contributed by atoms with Crippen LogP contribution >= 0.6 is 0 Å². The maximum absolute atomic E-state index is 12.4. The number of hydrogen-bond acceptors (Lipinski definition) is 2. The number of carbonyl (C=O) groups excluding carboxylic acids is 1. The smallest absolute Gasteiger partial charge is 0.304 e. The minimum absolute atomic E-state index is 0.135. The molecule has 3 aliphatic rings. The summed E-state index contributed by atoms with van der Waals surface area (Å²) < 4.78 is 0. The van der Waals surface area contributed by atoms with E-state index in [1.54, 1.807) is 0 Å². The lowest BCUT2D eigenvalue weighted by molar-refractivity contribution is -0.137. The highest BCUT2D eigenvalue weighted by Crippen LogP contribution is 2.51. The molecule has 1 amide bonds. The number of rotatable bonds is 4. The fourth-order valence-corrected chi connectivity index (χ4v) is 3.34. The quantitative estimate of drug-likeness (QED) is 0.914. The first kappa shape index (κ1) is 11.9. The summed E-state index contributed by atoms with van der Waals surface area (Å²) in [6.07, 6.45) is 4.24. The molecule has 0 saturated heterocycles. The van der Waals surface area contributed by atoms with Crippen LogP contribution in [-0.2, 0) is 16.8 Å². The van der Waals surface area contributed by atoms with Crippen molar-refractivity contribution in [3.63, 3.8) is 0 Å². The molecule has 0 spiro atoms. The summed E-state index contributed by atoms with van der Waals surface area (Å²) in [7, 11) is 0. The molecule has 2 fully saturated rings. The van der Waals surface area contributed by atoms with Crippen molar-refractivity contribution in [1.29, 1.82) is 0 Å². The average molecular weight is 271 g/mol. The van der Waals surface area contributed by atoms with Gasteiger partial charge in [0.2, 0.25) is 0 Å². The molecule has 20 heavy (non-hydrogen) atoms. The lowest BCUT2D eigenvalue weighted by atomic mass is 9.90. The Hall–Kier alpha value is -1.84. The van der Waals surface area contributed by atoms with Gasteiger partial charge >= 0.3 is 5.97 Å². The van der Waals surface area contributed by atoms with E-state index in [2.05, 4.69) is 0 Å². The summed E-state index contributed by atoms with van der Waals surface area (Å²) in [5, 5.41) is 9.04. The zero-order valence-electron chi connectivity index (χ0n) is 11.3. The van der Waals surface area contributed by atoms with Crippen LogP contribution in [0, 0.1) is 0 Å². The molecule has 4 heteroatoms. The van der Waals surface area contributed by atoms with Crippen molar-refractivity contribution in [3.8, 4) is 0 Å². The van der Waals surface area contributed by atoms with E-state index < -0.39 is 5.97 Å². The Kier molecular flexibility index (Phi) is 2.29. The number of carbonyl (C=O) groups is 2. The van der Waals surface area contributed by atoms with E-state index in [9.17, 15) is 9.59 Å². The van der Waals surface area contributed by atoms with Gasteiger partial charge in [-0.05, 0) is 42.9 Å². The van der Waals surface area contributed by atoms with Crippen LogP contribution < -0.4 is 0 Å². The molecule has 4 nitrogen and oxygen atoms in total. The first-order chi connectivity index (χ1) is 9.59. The summed E-state index contributed by atoms with van der Waals surface area (Å²) in [4.78, 5) is 25.4. The van der Waals surface area contributed by atoms with Crippen molar-refractivity contribution in [3.05, 3.63) is 34.9 Å². The van der Waals surface area contributed by atoms with Crippen LogP contribution in [0.1, 0.15) is 53.6 Å². The predicted octanol–water partition coefficient (Wildman–Crippen LogP) is 2.31. The Morgan fingerprint density at radius 2 is 2.10 bits per heavy atom. The molecule has 2 saturated carbocycles. The minimum atomic E-state index is -0.756. The second-order valence-electron chi connectivity index (χ2n) is 6.39. The van der Waals surface area contributed by atoms with Crippen molar-refractivity contribution in [2.24, 2.45) is 0 Å². The van der Waals surface area contributed by atoms with E-state index in [1.165, 1.54) is 0 Å². The number of fused-ring (bicyclic) bond motifs is 1. The Balaban J connectivity index is 1.66. The first-order valence-corrected chi connectivity index (χ1v) is 7.25. The van der Waals surface area contributed by atoms with Gasteiger partial charge in [0.05, 0.1) is 6.42 Å². The number of nitrogens with zero attached hydrogens (tertiary/aromatic N) is 1. The van der Waals surface area contributed by atoms with Crippen LogP contribution in [0.15, 0.2) is 18.2 Å². The summed E-state index contributed by atoms with van der Waals surface area (Å²) in [5.74, 6) is -0.621. The molecule has 0 atom stereocenters.